The van der Waals surface area contributed by atoms with Crippen LogP contribution in [0.25, 0.3) is 5.69 Å². The van der Waals surface area contributed by atoms with Crippen molar-refractivity contribution in [3.8, 4) is 11.4 Å². The van der Waals surface area contributed by atoms with Gasteiger partial charge in [0.15, 0.2) is 0 Å². The van der Waals surface area contributed by atoms with Crippen molar-refractivity contribution in [2.24, 2.45) is 0 Å². The predicted octanol–water partition coefficient (Wildman–Crippen LogP) is 2.35. The predicted molar refractivity (Wildman–Crippen MR) is 60.3 cm³/mol. The van der Waals surface area contributed by atoms with Crippen LogP contribution in [0, 0.1) is 6.92 Å². The molecule has 1 aromatic carbocycles. The fourth-order valence-electron chi connectivity index (χ4n) is 1.26. The van der Waals surface area contributed by atoms with Gasteiger partial charge in [-0.3, -0.25) is 0 Å². The summed E-state index contributed by atoms with van der Waals surface area (Å²) in [6.45, 7) is 1.85. The van der Waals surface area contributed by atoms with Crippen LogP contribution >= 0.6 is 15.9 Å². The van der Waals surface area contributed by atoms with Crippen molar-refractivity contribution in [1.82, 2.24) is 14.8 Å². The molecule has 4 nitrogen and oxygen atoms in total. The Hall–Kier alpha value is -1.36. The first-order valence-corrected chi connectivity index (χ1v) is 5.22. The van der Waals surface area contributed by atoms with Crippen molar-refractivity contribution in [2.75, 3.05) is 7.11 Å². The number of hydrogen-bond donors (Lipinski definition) is 0. The van der Waals surface area contributed by atoms with Crippen molar-refractivity contribution in [1.29, 1.82) is 0 Å². The van der Waals surface area contributed by atoms with Crippen molar-refractivity contribution in [3.05, 3.63) is 34.8 Å². The fourth-order valence-corrected chi connectivity index (χ4v) is 1.69. The van der Waals surface area contributed by atoms with Gasteiger partial charge in [-0.15, -0.1) is 0 Å². The van der Waals surface area contributed by atoms with Gasteiger partial charge in [0.1, 0.15) is 17.9 Å². The van der Waals surface area contributed by atoms with E-state index >= 15 is 0 Å². The first-order valence-electron chi connectivity index (χ1n) is 4.43. The molecule has 0 fully saturated rings. The highest BCUT2D eigenvalue weighted by atomic mass is 79.9. The molecule has 0 amide bonds. The Labute approximate surface area is 96.0 Å². The topological polar surface area (TPSA) is 39.9 Å². The van der Waals surface area contributed by atoms with Gasteiger partial charge in [-0.2, -0.15) is 5.10 Å². The van der Waals surface area contributed by atoms with E-state index in [9.17, 15) is 0 Å². The van der Waals surface area contributed by atoms with Gasteiger partial charge < -0.3 is 4.74 Å². The van der Waals surface area contributed by atoms with Crippen LogP contribution in [-0.2, 0) is 0 Å². The van der Waals surface area contributed by atoms with Crippen molar-refractivity contribution in [3.63, 3.8) is 0 Å². The first-order chi connectivity index (χ1) is 7.20. The summed E-state index contributed by atoms with van der Waals surface area (Å²) in [4.78, 5) is 4.08. The van der Waals surface area contributed by atoms with Gasteiger partial charge in [0.25, 0.3) is 0 Å². The van der Waals surface area contributed by atoms with E-state index in [-0.39, 0.29) is 0 Å². The molecule has 0 radical (unpaired) electrons. The number of methoxy groups -OCH3 is 1. The minimum Gasteiger partial charge on any atom is -0.497 e. The summed E-state index contributed by atoms with van der Waals surface area (Å²) in [6.07, 6.45) is 1.68. The number of benzene rings is 1. The standard InChI is InChI=1S/C10H10BrN3O/c1-7-12-6-14(13-7)10-5-8(15-2)3-4-9(10)11/h3-6H,1-2H3. The van der Waals surface area contributed by atoms with E-state index in [1.807, 2.05) is 25.1 Å². The molecule has 0 spiro atoms. The molecule has 0 bridgehead atoms. The van der Waals surface area contributed by atoms with Gasteiger partial charge in [0, 0.05) is 10.5 Å². The Bertz CT molecular complexity index is 481. The molecule has 0 unspecified atom stereocenters. The Morgan fingerprint density at radius 3 is 2.80 bits per heavy atom. The summed E-state index contributed by atoms with van der Waals surface area (Å²) >= 11 is 3.46. The SMILES string of the molecule is COc1ccc(Br)c(-n2cnc(C)n2)c1. The molecule has 2 rings (SSSR count). The van der Waals surface area contributed by atoms with Gasteiger partial charge in [-0.1, -0.05) is 0 Å². The Kier molecular flexibility index (Phi) is 2.73. The minimum absolute atomic E-state index is 0.740. The lowest BCUT2D eigenvalue weighted by molar-refractivity contribution is 0.414. The summed E-state index contributed by atoms with van der Waals surface area (Å²) in [6, 6.07) is 5.71. The Morgan fingerprint density at radius 2 is 2.20 bits per heavy atom. The fraction of sp³-hybridized carbons (Fsp3) is 0.200. The summed E-state index contributed by atoms with van der Waals surface area (Å²) in [5.41, 5.74) is 0.912. The second kappa shape index (κ2) is 4.02. The molecule has 1 aromatic heterocycles. The third kappa shape index (κ3) is 2.02. The molecule has 1 heterocycles. The molecule has 78 valence electrons. The molecule has 0 saturated carbocycles. The molecular formula is C10H10BrN3O. The van der Waals surface area contributed by atoms with E-state index in [0.717, 1.165) is 21.7 Å². The first kappa shape index (κ1) is 10.2. The highest BCUT2D eigenvalue weighted by Crippen LogP contribution is 2.25. The zero-order chi connectivity index (χ0) is 10.8. The Balaban J connectivity index is 2.51. The number of hydrogen-bond acceptors (Lipinski definition) is 3. The summed E-state index contributed by atoms with van der Waals surface area (Å²) in [5.74, 6) is 1.53. The van der Waals surface area contributed by atoms with E-state index < -0.39 is 0 Å². The highest BCUT2D eigenvalue weighted by molar-refractivity contribution is 9.10. The molecule has 5 heteroatoms. The number of rotatable bonds is 2. The lowest BCUT2D eigenvalue weighted by Crippen LogP contribution is -1.97. The van der Waals surface area contributed by atoms with Crippen molar-refractivity contribution in [2.45, 2.75) is 6.92 Å². The average molecular weight is 268 g/mol. The second-order valence-electron chi connectivity index (χ2n) is 3.05. The van der Waals surface area contributed by atoms with Crippen molar-refractivity contribution < 1.29 is 4.74 Å². The number of aromatic nitrogens is 3. The van der Waals surface area contributed by atoms with Gasteiger partial charge in [0.2, 0.25) is 0 Å². The maximum Gasteiger partial charge on any atom is 0.147 e. The quantitative estimate of drug-likeness (QED) is 0.839. The van der Waals surface area contributed by atoms with Crippen LogP contribution in [0.3, 0.4) is 0 Å². The Morgan fingerprint density at radius 1 is 1.40 bits per heavy atom. The summed E-state index contributed by atoms with van der Waals surface area (Å²) in [7, 11) is 1.64. The van der Waals surface area contributed by atoms with E-state index in [2.05, 4.69) is 26.0 Å². The number of nitrogens with zero attached hydrogens (tertiary/aromatic N) is 3. The molecule has 0 atom stereocenters. The molecule has 15 heavy (non-hydrogen) atoms. The van der Waals surface area contributed by atoms with E-state index in [1.54, 1.807) is 18.1 Å². The van der Waals surface area contributed by atoms with Gasteiger partial charge in [-0.05, 0) is 35.0 Å². The minimum atomic E-state index is 0.740. The lowest BCUT2D eigenvalue weighted by atomic mass is 10.3. The van der Waals surface area contributed by atoms with Gasteiger partial charge in [-0.25, -0.2) is 9.67 Å². The summed E-state index contributed by atoms with van der Waals surface area (Å²) < 4.78 is 7.82. The van der Waals surface area contributed by atoms with Crippen LogP contribution in [0.2, 0.25) is 0 Å². The zero-order valence-electron chi connectivity index (χ0n) is 8.44. The number of halogens is 1. The maximum atomic E-state index is 5.16. The largest absolute Gasteiger partial charge is 0.497 e. The van der Waals surface area contributed by atoms with E-state index in [4.69, 9.17) is 4.74 Å². The highest BCUT2D eigenvalue weighted by Gasteiger charge is 2.05. The normalized spacial score (nSPS) is 10.3. The molecule has 0 aliphatic rings. The van der Waals surface area contributed by atoms with Crippen LogP contribution in [0.1, 0.15) is 5.82 Å². The third-order valence-corrected chi connectivity index (χ3v) is 2.68. The van der Waals surface area contributed by atoms with Crippen LogP contribution in [-0.4, -0.2) is 21.9 Å². The smallest absolute Gasteiger partial charge is 0.147 e. The molecule has 0 aliphatic heterocycles. The zero-order valence-corrected chi connectivity index (χ0v) is 10.0. The van der Waals surface area contributed by atoms with E-state index in [1.165, 1.54) is 0 Å². The van der Waals surface area contributed by atoms with Crippen LogP contribution in [0.5, 0.6) is 5.75 Å². The molecular weight excluding hydrogens is 258 g/mol. The third-order valence-electron chi connectivity index (χ3n) is 2.01. The number of ether oxygens (including phenoxy) is 1. The summed E-state index contributed by atoms with van der Waals surface area (Å²) in [5, 5.41) is 4.24. The molecule has 0 aliphatic carbocycles. The van der Waals surface area contributed by atoms with E-state index in [0.29, 0.717) is 0 Å². The molecule has 0 N–H and O–H groups in total. The molecule has 2 aromatic rings. The number of aryl methyl sites for hydroxylation is 1. The van der Waals surface area contributed by atoms with Gasteiger partial charge >= 0.3 is 0 Å². The second-order valence-corrected chi connectivity index (χ2v) is 3.91. The average Bonchev–Trinajstić information content (AvgIpc) is 2.65. The lowest BCUT2D eigenvalue weighted by Gasteiger charge is -2.06. The molecule has 0 saturated heterocycles. The monoisotopic (exact) mass is 267 g/mol. The van der Waals surface area contributed by atoms with Crippen LogP contribution < -0.4 is 4.74 Å². The van der Waals surface area contributed by atoms with Crippen molar-refractivity contribution >= 4 is 15.9 Å². The maximum absolute atomic E-state index is 5.16. The van der Waals surface area contributed by atoms with Gasteiger partial charge in [0.05, 0.1) is 12.8 Å². The van der Waals surface area contributed by atoms with Crippen LogP contribution in [0.15, 0.2) is 29.0 Å². The van der Waals surface area contributed by atoms with Crippen LogP contribution in [0.4, 0.5) is 0 Å².